The van der Waals surface area contributed by atoms with E-state index in [2.05, 4.69) is 5.32 Å². The minimum Gasteiger partial charge on any atom is -0.482 e. The van der Waals surface area contributed by atoms with Gasteiger partial charge in [-0.05, 0) is 44.4 Å². The summed E-state index contributed by atoms with van der Waals surface area (Å²) < 4.78 is 10.9. The van der Waals surface area contributed by atoms with E-state index >= 15 is 0 Å². The molecule has 0 radical (unpaired) electrons. The molecular weight excluding hydrogens is 310 g/mol. The highest BCUT2D eigenvalue weighted by Gasteiger charge is 2.59. The van der Waals surface area contributed by atoms with Crippen molar-refractivity contribution in [2.45, 2.75) is 44.8 Å². The summed E-state index contributed by atoms with van der Waals surface area (Å²) in [5, 5.41) is 11.8. The van der Waals surface area contributed by atoms with Crippen molar-refractivity contribution < 1.29 is 24.2 Å². The first-order chi connectivity index (χ1) is 11.5. The summed E-state index contributed by atoms with van der Waals surface area (Å²) in [7, 11) is 0. The third-order valence-corrected chi connectivity index (χ3v) is 5.20. The Labute approximate surface area is 141 Å². The fourth-order valence-electron chi connectivity index (χ4n) is 3.75. The fourth-order valence-corrected chi connectivity index (χ4v) is 3.75. The average Bonchev–Trinajstić information content (AvgIpc) is 2.50. The SMILES string of the molecule is CCOC1CC(NC(=O)c2cccc(OCC(=O)O)c2)C12CCC2. The molecule has 1 aromatic rings. The molecule has 0 heterocycles. The molecule has 0 saturated heterocycles. The van der Waals surface area contributed by atoms with Gasteiger partial charge in [0.15, 0.2) is 6.61 Å². The first kappa shape index (κ1) is 16.8. The second-order valence-electron chi connectivity index (χ2n) is 6.50. The van der Waals surface area contributed by atoms with Crippen LogP contribution in [0.15, 0.2) is 24.3 Å². The lowest BCUT2D eigenvalue weighted by atomic mass is 9.51. The van der Waals surface area contributed by atoms with E-state index in [1.54, 1.807) is 24.3 Å². The third kappa shape index (κ3) is 3.11. The maximum absolute atomic E-state index is 12.5. The monoisotopic (exact) mass is 333 g/mol. The van der Waals surface area contributed by atoms with E-state index in [0.717, 1.165) is 19.3 Å². The van der Waals surface area contributed by atoms with E-state index in [1.807, 2.05) is 6.92 Å². The van der Waals surface area contributed by atoms with Gasteiger partial charge >= 0.3 is 5.97 Å². The molecular formula is C18H23NO5. The van der Waals surface area contributed by atoms with Crippen LogP contribution >= 0.6 is 0 Å². The van der Waals surface area contributed by atoms with Crippen molar-refractivity contribution in [3.63, 3.8) is 0 Å². The van der Waals surface area contributed by atoms with Gasteiger partial charge in [0.2, 0.25) is 0 Å². The molecule has 2 aliphatic carbocycles. The van der Waals surface area contributed by atoms with Gasteiger partial charge < -0.3 is 19.9 Å². The van der Waals surface area contributed by atoms with E-state index in [0.29, 0.717) is 17.9 Å². The quantitative estimate of drug-likeness (QED) is 0.799. The highest BCUT2D eigenvalue weighted by Crippen LogP contribution is 2.57. The topological polar surface area (TPSA) is 84.9 Å². The zero-order valence-electron chi connectivity index (χ0n) is 13.8. The summed E-state index contributed by atoms with van der Waals surface area (Å²) >= 11 is 0. The molecule has 6 nitrogen and oxygen atoms in total. The average molecular weight is 333 g/mol. The number of rotatable bonds is 7. The molecule has 1 amide bonds. The van der Waals surface area contributed by atoms with Gasteiger partial charge in [0.1, 0.15) is 5.75 Å². The zero-order valence-corrected chi connectivity index (χ0v) is 13.8. The van der Waals surface area contributed by atoms with Crippen LogP contribution in [0.4, 0.5) is 0 Å². The summed E-state index contributed by atoms with van der Waals surface area (Å²) in [5.41, 5.74) is 0.593. The van der Waals surface area contributed by atoms with Crippen molar-refractivity contribution in [1.82, 2.24) is 5.32 Å². The smallest absolute Gasteiger partial charge is 0.341 e. The number of carbonyl (C=O) groups excluding carboxylic acids is 1. The summed E-state index contributed by atoms with van der Waals surface area (Å²) in [5.74, 6) is -0.820. The highest BCUT2D eigenvalue weighted by molar-refractivity contribution is 5.95. The summed E-state index contributed by atoms with van der Waals surface area (Å²) in [6.45, 7) is 2.28. The predicted molar refractivity (Wildman–Crippen MR) is 87.1 cm³/mol. The molecule has 2 fully saturated rings. The first-order valence-corrected chi connectivity index (χ1v) is 8.42. The second kappa shape index (κ2) is 6.81. The number of hydrogen-bond acceptors (Lipinski definition) is 4. The second-order valence-corrected chi connectivity index (χ2v) is 6.50. The van der Waals surface area contributed by atoms with Crippen LogP contribution in [0.2, 0.25) is 0 Å². The number of carbonyl (C=O) groups is 2. The van der Waals surface area contributed by atoms with Gasteiger partial charge in [0.05, 0.1) is 6.10 Å². The maximum atomic E-state index is 12.5. The number of carboxylic acids is 1. The van der Waals surface area contributed by atoms with Gasteiger partial charge in [-0.15, -0.1) is 0 Å². The Hall–Kier alpha value is -2.08. The number of nitrogens with one attached hydrogen (secondary N) is 1. The van der Waals surface area contributed by atoms with Crippen LogP contribution in [0.25, 0.3) is 0 Å². The van der Waals surface area contributed by atoms with Crippen LogP contribution in [0.1, 0.15) is 43.0 Å². The van der Waals surface area contributed by atoms with Gasteiger partial charge in [0, 0.05) is 23.6 Å². The Kier molecular flexibility index (Phi) is 4.76. The zero-order chi connectivity index (χ0) is 17.2. The van der Waals surface area contributed by atoms with Gasteiger partial charge in [0.25, 0.3) is 5.91 Å². The normalized spacial score (nSPS) is 23.9. The Morgan fingerprint density at radius 2 is 2.17 bits per heavy atom. The molecule has 24 heavy (non-hydrogen) atoms. The van der Waals surface area contributed by atoms with Crippen LogP contribution in [0, 0.1) is 5.41 Å². The Morgan fingerprint density at radius 3 is 2.79 bits per heavy atom. The number of benzene rings is 1. The molecule has 0 bridgehead atoms. The molecule has 1 spiro atoms. The third-order valence-electron chi connectivity index (χ3n) is 5.20. The van der Waals surface area contributed by atoms with Crippen LogP contribution in [0.5, 0.6) is 5.75 Å². The fraction of sp³-hybridized carbons (Fsp3) is 0.556. The molecule has 2 saturated carbocycles. The number of ether oxygens (including phenoxy) is 2. The lowest BCUT2D eigenvalue weighted by Crippen LogP contribution is -2.67. The van der Waals surface area contributed by atoms with Gasteiger partial charge in [-0.3, -0.25) is 4.79 Å². The van der Waals surface area contributed by atoms with Gasteiger partial charge in [-0.1, -0.05) is 12.5 Å². The molecule has 1 aromatic carbocycles. The Morgan fingerprint density at radius 1 is 1.38 bits per heavy atom. The molecule has 3 rings (SSSR count). The van der Waals surface area contributed by atoms with Crippen molar-refractivity contribution in [2.24, 2.45) is 5.41 Å². The van der Waals surface area contributed by atoms with Crippen LogP contribution in [-0.4, -0.2) is 42.3 Å². The first-order valence-electron chi connectivity index (χ1n) is 8.42. The van der Waals surface area contributed by atoms with E-state index in [1.165, 1.54) is 6.42 Å². The Balaban J connectivity index is 1.61. The minimum atomic E-state index is -1.05. The number of hydrogen-bond donors (Lipinski definition) is 2. The molecule has 2 atom stereocenters. The largest absolute Gasteiger partial charge is 0.482 e. The molecule has 0 aliphatic heterocycles. The van der Waals surface area contributed by atoms with E-state index < -0.39 is 12.6 Å². The lowest BCUT2D eigenvalue weighted by Gasteiger charge is -2.61. The van der Waals surface area contributed by atoms with E-state index in [-0.39, 0.29) is 23.5 Å². The molecule has 130 valence electrons. The maximum Gasteiger partial charge on any atom is 0.341 e. The van der Waals surface area contributed by atoms with Crippen LogP contribution in [-0.2, 0) is 9.53 Å². The molecule has 2 aliphatic rings. The summed E-state index contributed by atoms with van der Waals surface area (Å²) in [6, 6.07) is 6.76. The number of carboxylic acid groups (broad SMARTS) is 1. The molecule has 2 N–H and O–H groups in total. The van der Waals surface area contributed by atoms with Gasteiger partial charge in [-0.25, -0.2) is 4.79 Å². The predicted octanol–water partition coefficient (Wildman–Crippen LogP) is 2.23. The van der Waals surface area contributed by atoms with Crippen molar-refractivity contribution >= 4 is 11.9 Å². The summed E-state index contributed by atoms with van der Waals surface area (Å²) in [4.78, 5) is 23.1. The standard InChI is InChI=1S/C18H23NO5/c1-2-23-15-10-14(18(15)7-4-8-18)19-17(22)12-5-3-6-13(9-12)24-11-16(20)21/h3,5-6,9,14-15H,2,4,7-8,10-11H2,1H3,(H,19,22)(H,20,21). The highest BCUT2D eigenvalue weighted by atomic mass is 16.5. The number of amides is 1. The number of aliphatic carboxylic acids is 1. The Bertz CT molecular complexity index is 626. The van der Waals surface area contributed by atoms with E-state index in [4.69, 9.17) is 14.6 Å². The van der Waals surface area contributed by atoms with Crippen molar-refractivity contribution in [3.05, 3.63) is 29.8 Å². The molecule has 0 aromatic heterocycles. The van der Waals surface area contributed by atoms with Crippen molar-refractivity contribution in [1.29, 1.82) is 0 Å². The molecule has 6 heteroatoms. The van der Waals surface area contributed by atoms with Crippen molar-refractivity contribution in [2.75, 3.05) is 13.2 Å². The van der Waals surface area contributed by atoms with Gasteiger partial charge in [-0.2, -0.15) is 0 Å². The summed E-state index contributed by atoms with van der Waals surface area (Å²) in [6.07, 6.45) is 4.50. The van der Waals surface area contributed by atoms with Crippen LogP contribution < -0.4 is 10.1 Å². The van der Waals surface area contributed by atoms with Crippen molar-refractivity contribution in [3.8, 4) is 5.75 Å². The molecule has 2 unspecified atom stereocenters. The van der Waals surface area contributed by atoms with E-state index in [9.17, 15) is 9.59 Å². The minimum absolute atomic E-state index is 0.114. The van der Waals surface area contributed by atoms with Crippen LogP contribution in [0.3, 0.4) is 0 Å². The lowest BCUT2D eigenvalue weighted by molar-refractivity contribution is -0.169.